The predicted octanol–water partition coefficient (Wildman–Crippen LogP) is 2.53. The number of rotatable bonds is 0. The van der Waals surface area contributed by atoms with Gasteiger partial charge in [-0.3, -0.25) is 0 Å². The lowest BCUT2D eigenvalue weighted by Crippen LogP contribution is -2.51. The smallest absolute Gasteiger partial charge is 0.202 e. The fourth-order valence-corrected chi connectivity index (χ4v) is 0.489. The Morgan fingerprint density at radius 1 is 0.800 bits per heavy atom. The summed E-state index contributed by atoms with van der Waals surface area (Å²) in [5.74, 6) is -15.2. The van der Waals surface area contributed by atoms with E-state index in [4.69, 9.17) is 0 Å². The summed E-state index contributed by atoms with van der Waals surface area (Å²) in [5.41, 5.74) is 0. The van der Waals surface area contributed by atoms with E-state index in [0.717, 1.165) is 0 Å². The summed E-state index contributed by atoms with van der Waals surface area (Å²) >= 11 is 0. The van der Waals surface area contributed by atoms with Crippen molar-refractivity contribution in [2.24, 2.45) is 0 Å². The summed E-state index contributed by atoms with van der Waals surface area (Å²) < 4.78 is 69.1. The highest BCUT2D eigenvalue weighted by atomic mass is 19.3. The molecule has 58 valence electrons. The Hall–Kier alpha value is -0.680. The van der Waals surface area contributed by atoms with Gasteiger partial charge in [-0.1, -0.05) is 0 Å². The van der Waals surface area contributed by atoms with Crippen LogP contribution in [-0.2, 0) is 0 Å². The van der Waals surface area contributed by atoms with E-state index in [1.54, 1.807) is 0 Å². The van der Waals surface area contributed by atoms with Crippen molar-refractivity contribution in [3.05, 3.63) is 11.7 Å². The van der Waals surface area contributed by atoms with Gasteiger partial charge in [0.05, 0.1) is 0 Å². The van der Waals surface area contributed by atoms with E-state index >= 15 is 0 Å². The van der Waals surface area contributed by atoms with E-state index in [9.17, 15) is 26.3 Å². The maximum Gasteiger partial charge on any atom is 1.00 e. The van der Waals surface area contributed by atoms with Gasteiger partial charge in [-0.25, -0.2) is 8.78 Å². The van der Waals surface area contributed by atoms with Gasteiger partial charge in [0.2, 0.25) is 11.7 Å². The molecule has 0 fully saturated rings. The van der Waals surface area contributed by atoms with Crippen LogP contribution in [0.4, 0.5) is 26.3 Å². The minimum atomic E-state index is -4.95. The summed E-state index contributed by atoms with van der Waals surface area (Å²) in [6.45, 7) is 0. The fourth-order valence-electron chi connectivity index (χ4n) is 0.489. The van der Waals surface area contributed by atoms with E-state index in [1.165, 1.54) is 0 Å². The topological polar surface area (TPSA) is 0 Å². The molecular formula is C4HF6+. The Bertz CT molecular complexity index is 185. The standard InChI is InChI=1S/C4F6/c5-1-2(6)4(9,10)3(1,7)8/p+1. The third-order valence-electron chi connectivity index (χ3n) is 1.14. The number of hydrogen-bond donors (Lipinski definition) is 0. The lowest BCUT2D eigenvalue weighted by molar-refractivity contribution is -0.217. The molecule has 0 saturated heterocycles. The van der Waals surface area contributed by atoms with Gasteiger partial charge in [-0.05, 0) is 0 Å². The highest BCUT2D eigenvalue weighted by Gasteiger charge is 2.74. The van der Waals surface area contributed by atoms with Crippen LogP contribution in [-0.4, -0.2) is 11.8 Å². The normalized spacial score (nSPS) is 28.2. The molecule has 0 aliphatic heterocycles. The van der Waals surface area contributed by atoms with E-state index in [-0.39, 0.29) is 1.43 Å². The Balaban J connectivity index is 0.000001000. The molecule has 6 heteroatoms. The highest BCUT2D eigenvalue weighted by molar-refractivity contribution is 5.34. The number of allylic oxidation sites excluding steroid dienone is 2. The molecule has 0 heterocycles. The third-order valence-corrected chi connectivity index (χ3v) is 1.14. The molecule has 0 aromatic rings. The van der Waals surface area contributed by atoms with E-state index in [2.05, 4.69) is 0 Å². The molecule has 0 bridgehead atoms. The Kier molecular flexibility index (Phi) is 1.10. The maximum absolute atomic E-state index is 11.5. The van der Waals surface area contributed by atoms with Crippen LogP contribution in [0, 0.1) is 0 Å². The minimum absolute atomic E-state index is 0. The lowest BCUT2D eigenvalue weighted by Gasteiger charge is -2.31. The van der Waals surface area contributed by atoms with Crippen molar-refractivity contribution in [1.29, 1.82) is 0 Å². The summed E-state index contributed by atoms with van der Waals surface area (Å²) in [6, 6.07) is 0. The van der Waals surface area contributed by atoms with Crippen LogP contribution in [0.25, 0.3) is 0 Å². The Morgan fingerprint density at radius 2 is 1.00 bits per heavy atom. The quantitative estimate of drug-likeness (QED) is 0.481. The average Bonchev–Trinajstić information content (AvgIpc) is 1.84. The average molecular weight is 163 g/mol. The van der Waals surface area contributed by atoms with Gasteiger partial charge in [0.25, 0.3) is 0 Å². The monoisotopic (exact) mass is 163 g/mol. The van der Waals surface area contributed by atoms with Gasteiger partial charge < -0.3 is 0 Å². The van der Waals surface area contributed by atoms with Gasteiger partial charge in [-0.2, -0.15) is 17.6 Å². The van der Waals surface area contributed by atoms with Gasteiger partial charge in [0.15, 0.2) is 0 Å². The molecule has 1 aliphatic rings. The van der Waals surface area contributed by atoms with Crippen LogP contribution < -0.4 is 0 Å². The summed E-state index contributed by atoms with van der Waals surface area (Å²) in [4.78, 5) is 0. The van der Waals surface area contributed by atoms with Crippen LogP contribution >= 0.6 is 0 Å². The zero-order chi connectivity index (χ0) is 8.15. The first kappa shape index (κ1) is 7.43. The second-order valence-electron chi connectivity index (χ2n) is 1.78. The van der Waals surface area contributed by atoms with E-state index in [0.29, 0.717) is 0 Å². The van der Waals surface area contributed by atoms with Crippen molar-refractivity contribution in [1.82, 2.24) is 0 Å². The third kappa shape index (κ3) is 0.494. The molecule has 0 aromatic heterocycles. The zero-order valence-electron chi connectivity index (χ0n) is 5.27. The number of halogens is 6. The number of hydrogen-bond acceptors (Lipinski definition) is 0. The van der Waals surface area contributed by atoms with Crippen molar-refractivity contribution in [2.45, 2.75) is 11.8 Å². The highest BCUT2D eigenvalue weighted by Crippen LogP contribution is 2.56. The molecule has 0 saturated carbocycles. The molecule has 0 nitrogen and oxygen atoms in total. The van der Waals surface area contributed by atoms with E-state index < -0.39 is 23.5 Å². The second-order valence-corrected chi connectivity index (χ2v) is 1.78. The van der Waals surface area contributed by atoms with Crippen LogP contribution in [0.2, 0.25) is 0 Å². The Labute approximate surface area is 52.6 Å². The van der Waals surface area contributed by atoms with Crippen LogP contribution in [0.3, 0.4) is 0 Å². The first-order chi connectivity index (χ1) is 4.32. The SMILES string of the molecule is FC1=C(F)C(F)(F)C1(F)F.[H+]. The van der Waals surface area contributed by atoms with Crippen LogP contribution in [0.1, 0.15) is 1.43 Å². The minimum Gasteiger partial charge on any atom is -0.202 e. The van der Waals surface area contributed by atoms with Crippen molar-refractivity contribution in [2.75, 3.05) is 0 Å². The van der Waals surface area contributed by atoms with Crippen molar-refractivity contribution >= 4 is 0 Å². The molecule has 1 aliphatic carbocycles. The van der Waals surface area contributed by atoms with Gasteiger partial charge in [0, 0.05) is 0 Å². The Morgan fingerprint density at radius 3 is 1.10 bits per heavy atom. The molecule has 0 radical (unpaired) electrons. The first-order valence-electron chi connectivity index (χ1n) is 2.13. The number of alkyl halides is 4. The summed E-state index contributed by atoms with van der Waals surface area (Å²) in [7, 11) is 0. The van der Waals surface area contributed by atoms with Gasteiger partial charge in [0.1, 0.15) is 0 Å². The lowest BCUT2D eigenvalue weighted by atomic mass is 9.97. The maximum atomic E-state index is 11.5. The molecule has 0 unspecified atom stereocenters. The molecule has 10 heavy (non-hydrogen) atoms. The molecule has 1 rings (SSSR count). The molecule has 0 spiro atoms. The predicted molar refractivity (Wildman–Crippen MR) is 20.2 cm³/mol. The van der Waals surface area contributed by atoms with Crippen molar-refractivity contribution in [3.8, 4) is 0 Å². The van der Waals surface area contributed by atoms with Crippen LogP contribution in [0.15, 0.2) is 11.7 Å². The largest absolute Gasteiger partial charge is 1.00 e. The summed E-state index contributed by atoms with van der Waals surface area (Å²) in [5, 5.41) is 0. The van der Waals surface area contributed by atoms with Crippen molar-refractivity contribution in [3.63, 3.8) is 0 Å². The molecule has 0 atom stereocenters. The molecule has 0 N–H and O–H groups in total. The molecular weight excluding hydrogens is 162 g/mol. The molecule has 0 aromatic carbocycles. The van der Waals surface area contributed by atoms with Crippen molar-refractivity contribution < 1.29 is 27.8 Å². The summed E-state index contributed by atoms with van der Waals surface area (Å²) in [6.07, 6.45) is 0. The van der Waals surface area contributed by atoms with Crippen LogP contribution in [0.5, 0.6) is 0 Å². The van der Waals surface area contributed by atoms with E-state index in [1.807, 2.05) is 0 Å². The fraction of sp³-hybridized carbons (Fsp3) is 0.500. The zero-order valence-corrected chi connectivity index (χ0v) is 4.27. The van der Waals surface area contributed by atoms with Gasteiger partial charge >= 0.3 is 13.3 Å². The molecule has 0 amide bonds. The van der Waals surface area contributed by atoms with Gasteiger partial charge in [-0.15, -0.1) is 0 Å². The first-order valence-corrected chi connectivity index (χ1v) is 2.13. The second kappa shape index (κ2) is 1.49.